The topological polar surface area (TPSA) is 49.9 Å². The van der Waals surface area contributed by atoms with Gasteiger partial charge in [-0.3, -0.25) is 14.5 Å². The summed E-state index contributed by atoms with van der Waals surface area (Å²) in [5, 5.41) is 0. The summed E-state index contributed by atoms with van der Waals surface area (Å²) in [7, 11) is 1.90. The van der Waals surface area contributed by atoms with E-state index in [1.54, 1.807) is 4.90 Å². The number of ether oxygens (including phenoxy) is 1. The van der Waals surface area contributed by atoms with E-state index in [4.69, 9.17) is 4.74 Å². The zero-order valence-corrected chi connectivity index (χ0v) is 19.0. The van der Waals surface area contributed by atoms with Crippen LogP contribution in [0.2, 0.25) is 0 Å². The molecule has 2 aliphatic rings. The van der Waals surface area contributed by atoms with Gasteiger partial charge in [0.2, 0.25) is 0 Å². The van der Waals surface area contributed by atoms with Crippen LogP contribution in [0.15, 0.2) is 60.3 Å². The molecule has 0 spiro atoms. The zero-order valence-electron chi connectivity index (χ0n) is 19.0. The third-order valence-corrected chi connectivity index (χ3v) is 6.38. The maximum atomic E-state index is 13.7. The minimum Gasteiger partial charge on any atom is -0.494 e. The summed E-state index contributed by atoms with van der Waals surface area (Å²) in [6.07, 6.45) is 6.26. The third-order valence-electron chi connectivity index (χ3n) is 6.38. The maximum Gasteiger partial charge on any atom is 0.278 e. The van der Waals surface area contributed by atoms with E-state index < -0.39 is 0 Å². The molecule has 0 atom stereocenters. The molecular weight excluding hydrogens is 400 g/mol. The number of nitrogens with zero attached hydrogens (tertiary/aromatic N) is 2. The second kappa shape index (κ2) is 10.0. The van der Waals surface area contributed by atoms with Gasteiger partial charge in [0.05, 0.1) is 12.2 Å². The van der Waals surface area contributed by atoms with Crippen molar-refractivity contribution in [2.24, 2.45) is 0 Å². The molecule has 2 aromatic rings. The van der Waals surface area contributed by atoms with Gasteiger partial charge >= 0.3 is 0 Å². The fraction of sp³-hybridized carbons (Fsp3) is 0.407. The van der Waals surface area contributed by atoms with Crippen molar-refractivity contribution in [3.8, 4) is 5.75 Å². The van der Waals surface area contributed by atoms with Crippen LogP contribution in [0.25, 0.3) is 5.57 Å². The van der Waals surface area contributed by atoms with Crippen molar-refractivity contribution in [2.75, 3.05) is 13.7 Å². The smallest absolute Gasteiger partial charge is 0.278 e. The highest BCUT2D eigenvalue weighted by Gasteiger charge is 2.44. The van der Waals surface area contributed by atoms with Crippen molar-refractivity contribution in [1.29, 1.82) is 0 Å². The highest BCUT2D eigenvalue weighted by Crippen LogP contribution is 2.36. The molecule has 1 aliphatic heterocycles. The highest BCUT2D eigenvalue weighted by atomic mass is 16.5. The van der Waals surface area contributed by atoms with Crippen LogP contribution in [0.4, 0.5) is 0 Å². The Kier molecular flexibility index (Phi) is 6.93. The van der Waals surface area contributed by atoms with Crippen LogP contribution < -0.4 is 4.74 Å². The third kappa shape index (κ3) is 4.57. The number of rotatable bonds is 7. The summed E-state index contributed by atoms with van der Waals surface area (Å²) in [5.41, 5.74) is 2.85. The molecule has 0 unspecified atom stereocenters. The van der Waals surface area contributed by atoms with Gasteiger partial charge in [0.15, 0.2) is 0 Å². The first-order chi connectivity index (χ1) is 15.6. The number of hydrogen-bond acceptors (Lipinski definition) is 4. The van der Waals surface area contributed by atoms with Crippen LogP contribution in [0.5, 0.6) is 5.75 Å². The monoisotopic (exact) mass is 432 g/mol. The van der Waals surface area contributed by atoms with E-state index in [0.717, 1.165) is 42.6 Å². The Bertz CT molecular complexity index is 974. The van der Waals surface area contributed by atoms with Crippen LogP contribution in [-0.2, 0) is 16.1 Å². The Morgan fingerprint density at radius 3 is 2.19 bits per heavy atom. The molecule has 4 rings (SSSR count). The molecule has 1 aliphatic carbocycles. The van der Waals surface area contributed by atoms with Crippen molar-refractivity contribution >= 4 is 17.4 Å². The summed E-state index contributed by atoms with van der Waals surface area (Å²) < 4.78 is 5.57. The number of carbonyl (C=O) groups is 2. The molecule has 32 heavy (non-hydrogen) atoms. The molecule has 5 nitrogen and oxygen atoms in total. The number of likely N-dealkylation sites (N-methyl/N-ethyl adjacent to an activating group) is 1. The summed E-state index contributed by atoms with van der Waals surface area (Å²) in [5.74, 6) is 0.429. The van der Waals surface area contributed by atoms with Gasteiger partial charge in [0, 0.05) is 19.6 Å². The molecule has 2 aromatic carbocycles. The second-order valence-electron chi connectivity index (χ2n) is 8.65. The van der Waals surface area contributed by atoms with E-state index in [1.165, 1.54) is 12.8 Å². The van der Waals surface area contributed by atoms with Crippen molar-refractivity contribution in [3.05, 3.63) is 71.4 Å². The zero-order chi connectivity index (χ0) is 22.5. The fourth-order valence-electron chi connectivity index (χ4n) is 4.82. The Labute approximate surface area is 190 Å². The minimum absolute atomic E-state index is 0.0159. The van der Waals surface area contributed by atoms with Crippen LogP contribution in [0, 0.1) is 0 Å². The molecule has 0 saturated heterocycles. The van der Waals surface area contributed by atoms with Crippen LogP contribution >= 0.6 is 0 Å². The lowest BCUT2D eigenvalue weighted by molar-refractivity contribution is -0.140. The standard InChI is InChI=1S/C27H32N2O3/c1-3-32-23-17-15-21(16-18-23)24-25(28(2)19-20-11-7-6-8-12-20)27(31)29(26(24)30)22-13-9-4-5-10-14-22/h6-8,11-12,15-18,22H,3-5,9-10,13-14,19H2,1-2H3. The van der Waals surface area contributed by atoms with E-state index in [9.17, 15) is 9.59 Å². The van der Waals surface area contributed by atoms with Crippen molar-refractivity contribution in [2.45, 2.75) is 58.0 Å². The minimum atomic E-state index is -0.166. The first-order valence-electron chi connectivity index (χ1n) is 11.7. The lowest BCUT2D eigenvalue weighted by Crippen LogP contribution is -2.42. The lowest BCUT2D eigenvalue weighted by atomic mass is 10.0. The first kappa shape index (κ1) is 22.1. The number of benzene rings is 2. The normalized spacial score (nSPS) is 17.6. The van der Waals surface area contributed by atoms with Gasteiger partial charge in [0.1, 0.15) is 11.4 Å². The summed E-state index contributed by atoms with van der Waals surface area (Å²) in [6, 6.07) is 17.5. The average Bonchev–Trinajstić information content (AvgIpc) is 2.95. The Morgan fingerprint density at radius 1 is 0.906 bits per heavy atom. The molecule has 1 heterocycles. The highest BCUT2D eigenvalue weighted by molar-refractivity contribution is 6.35. The number of carbonyl (C=O) groups excluding carboxylic acids is 2. The Morgan fingerprint density at radius 2 is 1.56 bits per heavy atom. The number of imide groups is 1. The Hall–Kier alpha value is -3.08. The predicted octanol–water partition coefficient (Wildman–Crippen LogP) is 5.02. The first-order valence-corrected chi connectivity index (χ1v) is 11.7. The van der Waals surface area contributed by atoms with E-state index in [-0.39, 0.29) is 17.9 Å². The largest absolute Gasteiger partial charge is 0.494 e. The molecule has 1 saturated carbocycles. The molecule has 0 bridgehead atoms. The quantitative estimate of drug-likeness (QED) is 0.455. The van der Waals surface area contributed by atoms with Crippen LogP contribution in [0.1, 0.15) is 56.6 Å². The summed E-state index contributed by atoms with van der Waals surface area (Å²) in [4.78, 5) is 30.9. The van der Waals surface area contributed by atoms with Crippen molar-refractivity contribution < 1.29 is 14.3 Å². The van der Waals surface area contributed by atoms with Crippen LogP contribution in [0.3, 0.4) is 0 Å². The van der Waals surface area contributed by atoms with Gasteiger partial charge in [0.25, 0.3) is 11.8 Å². The summed E-state index contributed by atoms with van der Waals surface area (Å²) >= 11 is 0. The molecule has 1 fully saturated rings. The van der Waals surface area contributed by atoms with Gasteiger partial charge in [-0.25, -0.2) is 0 Å². The Balaban J connectivity index is 1.71. The number of amides is 2. The molecule has 168 valence electrons. The molecule has 0 aromatic heterocycles. The molecule has 0 N–H and O–H groups in total. The summed E-state index contributed by atoms with van der Waals surface area (Å²) in [6.45, 7) is 3.09. The SMILES string of the molecule is CCOc1ccc(C2=C(N(C)Cc3ccccc3)C(=O)N(C3CCCCCC3)C2=O)cc1. The number of hydrogen-bond donors (Lipinski definition) is 0. The molecule has 2 amide bonds. The maximum absolute atomic E-state index is 13.7. The average molecular weight is 433 g/mol. The van der Waals surface area contributed by atoms with Crippen LogP contribution in [-0.4, -0.2) is 41.3 Å². The molecular formula is C27H32N2O3. The second-order valence-corrected chi connectivity index (χ2v) is 8.65. The van der Waals surface area contributed by atoms with Gasteiger partial charge in [-0.05, 0) is 43.0 Å². The van der Waals surface area contributed by atoms with Crippen molar-refractivity contribution in [3.63, 3.8) is 0 Å². The van der Waals surface area contributed by atoms with E-state index in [0.29, 0.717) is 24.4 Å². The predicted molar refractivity (Wildman–Crippen MR) is 126 cm³/mol. The fourth-order valence-corrected chi connectivity index (χ4v) is 4.82. The van der Waals surface area contributed by atoms with Gasteiger partial charge in [-0.15, -0.1) is 0 Å². The van der Waals surface area contributed by atoms with E-state index >= 15 is 0 Å². The van der Waals surface area contributed by atoms with Gasteiger partial charge in [-0.1, -0.05) is 68.1 Å². The van der Waals surface area contributed by atoms with E-state index in [2.05, 4.69) is 0 Å². The van der Waals surface area contributed by atoms with Gasteiger partial charge in [-0.2, -0.15) is 0 Å². The van der Waals surface area contributed by atoms with Crippen molar-refractivity contribution in [1.82, 2.24) is 9.80 Å². The van der Waals surface area contributed by atoms with E-state index in [1.807, 2.05) is 73.5 Å². The van der Waals surface area contributed by atoms with Gasteiger partial charge < -0.3 is 9.64 Å². The molecule has 0 radical (unpaired) electrons. The lowest BCUT2D eigenvalue weighted by Gasteiger charge is -2.27. The molecule has 5 heteroatoms.